The normalized spacial score (nSPS) is 14.8. The van der Waals surface area contributed by atoms with Gasteiger partial charge < -0.3 is 5.11 Å². The second-order valence-electron chi connectivity index (χ2n) is 7.03. The first-order valence-corrected chi connectivity index (χ1v) is 9.85. The average Bonchev–Trinajstić information content (AvgIpc) is 2.65. The topological polar surface area (TPSA) is 49.3 Å². The van der Waals surface area contributed by atoms with Crippen LogP contribution >= 0.6 is 12.6 Å². The first kappa shape index (κ1) is 20.5. The van der Waals surface area contributed by atoms with E-state index < -0.39 is 11.5 Å². The lowest BCUT2D eigenvalue weighted by Crippen LogP contribution is -2.55. The molecule has 2 atom stereocenters. The fourth-order valence-electron chi connectivity index (χ4n) is 3.85. The number of carboxylic acids is 1. The van der Waals surface area contributed by atoms with Crippen molar-refractivity contribution >= 4 is 18.6 Å². The van der Waals surface area contributed by atoms with Crippen LogP contribution < -0.4 is 5.32 Å². The van der Waals surface area contributed by atoms with Gasteiger partial charge in [-0.2, -0.15) is 12.6 Å². The molecule has 2 rings (SSSR count). The molecule has 0 aromatic heterocycles. The van der Waals surface area contributed by atoms with Crippen molar-refractivity contribution in [1.29, 1.82) is 0 Å². The van der Waals surface area contributed by atoms with Gasteiger partial charge in [0.25, 0.3) is 0 Å². The summed E-state index contributed by atoms with van der Waals surface area (Å²) in [5, 5.41) is 13.4. The molecular weight excluding hydrogens is 342 g/mol. The Bertz CT molecular complexity index is 700. The van der Waals surface area contributed by atoms with Gasteiger partial charge in [0.05, 0.1) is 0 Å². The number of benzene rings is 2. The molecule has 0 aliphatic carbocycles. The van der Waals surface area contributed by atoms with Crippen molar-refractivity contribution in [2.24, 2.45) is 11.8 Å². The first-order valence-electron chi connectivity index (χ1n) is 9.22. The molecule has 140 valence electrons. The summed E-state index contributed by atoms with van der Waals surface area (Å²) in [5.41, 5.74) is 1.85. The zero-order valence-electron chi connectivity index (χ0n) is 15.8. The van der Waals surface area contributed by atoms with Crippen molar-refractivity contribution in [3.63, 3.8) is 0 Å². The van der Waals surface area contributed by atoms with E-state index in [4.69, 9.17) is 0 Å². The summed E-state index contributed by atoms with van der Waals surface area (Å²) in [7, 11) is 0. The Hall–Kier alpha value is -1.78. The molecule has 1 unspecified atom stereocenters. The van der Waals surface area contributed by atoms with Gasteiger partial charge in [0, 0.05) is 5.88 Å². The zero-order chi connectivity index (χ0) is 19.2. The molecule has 0 amide bonds. The average molecular weight is 372 g/mol. The third kappa shape index (κ3) is 4.13. The van der Waals surface area contributed by atoms with Crippen LogP contribution in [0.2, 0.25) is 0 Å². The number of hydrogen-bond donors (Lipinski definition) is 3. The molecule has 4 heteroatoms. The molecule has 2 aromatic rings. The Morgan fingerprint density at radius 2 is 1.65 bits per heavy atom. The molecule has 0 saturated carbocycles. The van der Waals surface area contributed by atoms with E-state index >= 15 is 0 Å². The fraction of sp³-hybridized carbons (Fsp3) is 0.409. The Morgan fingerprint density at radius 1 is 1.08 bits per heavy atom. The fourth-order valence-corrected chi connectivity index (χ4v) is 4.10. The molecule has 0 saturated heterocycles. The van der Waals surface area contributed by atoms with E-state index in [-0.39, 0.29) is 11.8 Å². The number of aliphatic carboxylic acids is 1. The number of hydrogen-bond acceptors (Lipinski definition) is 3. The van der Waals surface area contributed by atoms with Gasteiger partial charge in [-0.1, -0.05) is 81.8 Å². The smallest absolute Gasteiger partial charge is 0.328 e. The second kappa shape index (κ2) is 9.24. The van der Waals surface area contributed by atoms with Crippen LogP contribution in [0, 0.1) is 11.8 Å². The van der Waals surface area contributed by atoms with Gasteiger partial charge in [-0.25, -0.2) is 4.79 Å². The minimum atomic E-state index is -1.14. The summed E-state index contributed by atoms with van der Waals surface area (Å²) in [4.78, 5) is 12.5. The summed E-state index contributed by atoms with van der Waals surface area (Å²) < 4.78 is 0. The number of thiol groups is 1. The van der Waals surface area contributed by atoms with Crippen LogP contribution in [-0.4, -0.2) is 17.0 Å². The highest BCUT2D eigenvalue weighted by Gasteiger charge is 2.47. The highest BCUT2D eigenvalue weighted by Crippen LogP contribution is 2.39. The molecule has 0 aliphatic heterocycles. The molecule has 0 fully saturated rings. The largest absolute Gasteiger partial charge is 0.480 e. The van der Waals surface area contributed by atoms with Crippen LogP contribution in [0.25, 0.3) is 11.1 Å². The van der Waals surface area contributed by atoms with Crippen molar-refractivity contribution in [2.45, 2.75) is 39.2 Å². The van der Waals surface area contributed by atoms with E-state index in [1.807, 2.05) is 42.5 Å². The quantitative estimate of drug-likeness (QED) is 0.420. The van der Waals surface area contributed by atoms with E-state index in [2.05, 4.69) is 50.8 Å². The second-order valence-corrected chi connectivity index (χ2v) is 7.35. The number of rotatable bonds is 9. The van der Waals surface area contributed by atoms with E-state index in [9.17, 15) is 9.90 Å². The lowest BCUT2D eigenvalue weighted by Gasteiger charge is -2.40. The van der Waals surface area contributed by atoms with E-state index in [1.54, 1.807) is 0 Å². The summed E-state index contributed by atoms with van der Waals surface area (Å²) >= 11 is 4.29. The van der Waals surface area contributed by atoms with Crippen LogP contribution in [-0.2, 0) is 10.3 Å². The molecule has 0 radical (unpaired) electrons. The van der Waals surface area contributed by atoms with Crippen molar-refractivity contribution in [3.05, 3.63) is 60.2 Å². The van der Waals surface area contributed by atoms with E-state index in [1.165, 1.54) is 0 Å². The number of carbonyl (C=O) groups is 1. The highest BCUT2D eigenvalue weighted by molar-refractivity contribution is 7.80. The molecule has 0 spiro atoms. The van der Waals surface area contributed by atoms with Crippen molar-refractivity contribution in [3.8, 4) is 11.1 Å². The van der Waals surface area contributed by atoms with Crippen LogP contribution in [0.15, 0.2) is 54.6 Å². The summed E-state index contributed by atoms with van der Waals surface area (Å²) in [6, 6.07) is 18.0. The lowest BCUT2D eigenvalue weighted by atomic mass is 9.70. The van der Waals surface area contributed by atoms with Gasteiger partial charge in [0.15, 0.2) is 0 Å². The minimum Gasteiger partial charge on any atom is -0.480 e. The predicted octanol–water partition coefficient (Wildman–Crippen LogP) is 5.18. The van der Waals surface area contributed by atoms with Gasteiger partial charge in [-0.15, -0.1) is 0 Å². The minimum absolute atomic E-state index is 0.0280. The summed E-state index contributed by atoms with van der Waals surface area (Å²) in [6.45, 7) is 6.29. The number of carboxylic acid groups (broad SMARTS) is 1. The van der Waals surface area contributed by atoms with Crippen molar-refractivity contribution in [1.82, 2.24) is 5.32 Å². The number of nitrogens with one attached hydrogen (secondary N) is 1. The molecule has 0 bridgehead atoms. The maximum atomic E-state index is 12.5. The standard InChI is InChI=1S/C22H29NO2S/c1-4-8-20(16(2)3)22(21(24)25,23-15-26)19-13-11-18(12-14-19)17-9-6-5-7-10-17/h5-7,9-14,16,20,23,26H,4,8,15H2,1-3H3,(H,24,25)/t20?,22-/m1/s1. The highest BCUT2D eigenvalue weighted by atomic mass is 32.1. The van der Waals surface area contributed by atoms with E-state index in [0.29, 0.717) is 5.88 Å². The van der Waals surface area contributed by atoms with Crippen LogP contribution in [0.5, 0.6) is 0 Å². The van der Waals surface area contributed by atoms with Gasteiger partial charge in [-0.05, 0) is 34.9 Å². The monoisotopic (exact) mass is 371 g/mol. The Labute approximate surface area is 162 Å². The first-order chi connectivity index (χ1) is 12.5. The molecule has 26 heavy (non-hydrogen) atoms. The van der Waals surface area contributed by atoms with Crippen molar-refractivity contribution in [2.75, 3.05) is 5.88 Å². The SMILES string of the molecule is CCCC(C(C)C)[C@@](NCS)(C(=O)O)c1ccc(-c2ccccc2)cc1. The predicted molar refractivity (Wildman–Crippen MR) is 111 cm³/mol. The van der Waals surface area contributed by atoms with Gasteiger partial charge in [-0.3, -0.25) is 5.32 Å². The molecule has 2 aromatic carbocycles. The molecule has 3 nitrogen and oxygen atoms in total. The van der Waals surface area contributed by atoms with Gasteiger partial charge in [0.1, 0.15) is 5.54 Å². The molecule has 0 aliphatic rings. The molecular formula is C22H29NO2S. The van der Waals surface area contributed by atoms with Gasteiger partial charge >= 0.3 is 5.97 Å². The lowest BCUT2D eigenvalue weighted by molar-refractivity contribution is -0.149. The van der Waals surface area contributed by atoms with Crippen LogP contribution in [0.1, 0.15) is 39.2 Å². The van der Waals surface area contributed by atoms with Crippen LogP contribution in [0.3, 0.4) is 0 Å². The maximum absolute atomic E-state index is 12.5. The zero-order valence-corrected chi connectivity index (χ0v) is 16.7. The van der Waals surface area contributed by atoms with E-state index in [0.717, 1.165) is 29.5 Å². The maximum Gasteiger partial charge on any atom is 0.328 e. The van der Waals surface area contributed by atoms with Crippen molar-refractivity contribution < 1.29 is 9.90 Å². The Morgan fingerprint density at radius 3 is 2.12 bits per heavy atom. The molecule has 0 heterocycles. The van der Waals surface area contributed by atoms with Crippen LogP contribution in [0.4, 0.5) is 0 Å². The summed E-state index contributed by atoms with van der Waals surface area (Å²) in [6.07, 6.45) is 1.78. The third-order valence-corrected chi connectivity index (χ3v) is 5.26. The third-order valence-electron chi connectivity index (χ3n) is 5.10. The Balaban J connectivity index is 2.53. The summed E-state index contributed by atoms with van der Waals surface area (Å²) in [5.74, 6) is -0.335. The van der Waals surface area contributed by atoms with Gasteiger partial charge in [0.2, 0.25) is 0 Å². The Kier molecular flexibility index (Phi) is 7.30. The molecule has 2 N–H and O–H groups in total.